The van der Waals surface area contributed by atoms with Gasteiger partial charge in [-0.3, -0.25) is 0 Å². The van der Waals surface area contributed by atoms with Crippen molar-refractivity contribution in [1.29, 1.82) is 0 Å². The van der Waals surface area contributed by atoms with E-state index in [-0.39, 0.29) is 6.04 Å². The number of nitrogens with zero attached hydrogens (tertiary/aromatic N) is 2. The number of benzene rings is 1. The lowest BCUT2D eigenvalue weighted by Crippen LogP contribution is -2.23. The molecule has 0 aliphatic rings. The fourth-order valence-electron chi connectivity index (χ4n) is 2.31. The Bertz CT molecular complexity index is 658. The molecule has 0 radical (unpaired) electrons. The molecule has 21 heavy (non-hydrogen) atoms. The number of hydrogen-bond donors (Lipinski definition) is 1. The average molecular weight is 297 g/mol. The Balaban J connectivity index is 1.88. The number of aromatic nitrogens is 2. The number of nitrogens with one attached hydrogen (secondary N) is 1. The van der Waals surface area contributed by atoms with Crippen LogP contribution in [0.4, 0.5) is 0 Å². The average Bonchev–Trinajstić information content (AvgIpc) is 3.21. The van der Waals surface area contributed by atoms with Crippen molar-refractivity contribution in [3.05, 3.63) is 70.7 Å². The Labute approximate surface area is 129 Å². The first-order chi connectivity index (χ1) is 10.4. The molecule has 0 spiro atoms. The maximum Gasteiger partial charge on any atom is 0.0863 e. The molecular formula is C17H19N3S. The minimum atomic E-state index is 0.176. The van der Waals surface area contributed by atoms with Gasteiger partial charge in [-0.15, -0.1) is 11.3 Å². The van der Waals surface area contributed by atoms with Gasteiger partial charge in [0.05, 0.1) is 17.4 Å². The fourth-order valence-corrected chi connectivity index (χ4v) is 3.12. The maximum absolute atomic E-state index is 4.75. The van der Waals surface area contributed by atoms with Crippen molar-refractivity contribution in [3.63, 3.8) is 0 Å². The minimum Gasteiger partial charge on any atom is -0.304 e. The lowest BCUT2D eigenvalue weighted by Gasteiger charge is -2.14. The Morgan fingerprint density at radius 3 is 2.71 bits per heavy atom. The highest BCUT2D eigenvalue weighted by Crippen LogP contribution is 2.25. The van der Waals surface area contributed by atoms with Gasteiger partial charge in [0, 0.05) is 11.1 Å². The maximum atomic E-state index is 4.75. The van der Waals surface area contributed by atoms with E-state index in [0.29, 0.717) is 0 Å². The van der Waals surface area contributed by atoms with Crippen molar-refractivity contribution in [1.82, 2.24) is 15.1 Å². The number of thiophene rings is 1. The molecule has 2 heterocycles. The predicted octanol–water partition coefficient (Wildman–Crippen LogP) is 4.02. The van der Waals surface area contributed by atoms with Crippen molar-refractivity contribution >= 4 is 11.3 Å². The van der Waals surface area contributed by atoms with Gasteiger partial charge in [-0.1, -0.05) is 31.2 Å². The largest absolute Gasteiger partial charge is 0.304 e. The first-order valence-electron chi connectivity index (χ1n) is 7.26. The SMILES string of the molecule is CCCNC(c1ccn(-c2ccccc2)n1)c1cccs1. The van der Waals surface area contributed by atoms with E-state index < -0.39 is 0 Å². The van der Waals surface area contributed by atoms with Gasteiger partial charge in [0.2, 0.25) is 0 Å². The molecule has 0 fully saturated rings. The quantitative estimate of drug-likeness (QED) is 0.744. The molecule has 1 unspecified atom stereocenters. The highest BCUT2D eigenvalue weighted by molar-refractivity contribution is 7.10. The third-order valence-corrected chi connectivity index (χ3v) is 4.29. The molecule has 1 aromatic carbocycles. The normalized spacial score (nSPS) is 12.4. The highest BCUT2D eigenvalue weighted by Gasteiger charge is 2.17. The summed E-state index contributed by atoms with van der Waals surface area (Å²) in [6.07, 6.45) is 3.14. The fraction of sp³-hybridized carbons (Fsp3) is 0.235. The van der Waals surface area contributed by atoms with Crippen molar-refractivity contribution in [3.8, 4) is 5.69 Å². The van der Waals surface area contributed by atoms with Crippen molar-refractivity contribution in [2.75, 3.05) is 6.54 Å². The van der Waals surface area contributed by atoms with E-state index in [9.17, 15) is 0 Å². The summed E-state index contributed by atoms with van der Waals surface area (Å²) in [5.74, 6) is 0. The van der Waals surface area contributed by atoms with Gasteiger partial charge in [-0.05, 0) is 42.6 Å². The summed E-state index contributed by atoms with van der Waals surface area (Å²) in [5.41, 5.74) is 2.15. The van der Waals surface area contributed by atoms with Crippen LogP contribution in [0.1, 0.15) is 30.0 Å². The van der Waals surface area contributed by atoms with E-state index in [4.69, 9.17) is 5.10 Å². The number of hydrogen-bond acceptors (Lipinski definition) is 3. The first-order valence-corrected chi connectivity index (χ1v) is 8.14. The smallest absolute Gasteiger partial charge is 0.0863 e. The molecule has 2 aromatic heterocycles. The molecule has 0 bridgehead atoms. The van der Waals surface area contributed by atoms with Gasteiger partial charge in [-0.2, -0.15) is 5.10 Å². The van der Waals surface area contributed by atoms with Crippen LogP contribution in [0.25, 0.3) is 5.69 Å². The third kappa shape index (κ3) is 3.23. The standard InChI is InChI=1S/C17H19N3S/c1-2-11-18-17(16-9-6-13-21-16)15-10-12-20(19-15)14-7-4-3-5-8-14/h3-10,12-13,17-18H,2,11H2,1H3. The Kier molecular flexibility index (Phi) is 4.48. The van der Waals surface area contributed by atoms with Crippen molar-refractivity contribution in [2.24, 2.45) is 0 Å². The monoisotopic (exact) mass is 297 g/mol. The van der Waals surface area contributed by atoms with Gasteiger partial charge >= 0.3 is 0 Å². The first kappa shape index (κ1) is 14.0. The van der Waals surface area contributed by atoms with Crippen LogP contribution < -0.4 is 5.32 Å². The molecule has 0 aliphatic heterocycles. The molecule has 0 aliphatic carbocycles. The molecule has 1 atom stereocenters. The summed E-state index contributed by atoms with van der Waals surface area (Å²) >= 11 is 1.77. The Morgan fingerprint density at radius 2 is 2.00 bits per heavy atom. The van der Waals surface area contributed by atoms with Crippen LogP contribution in [0.2, 0.25) is 0 Å². The lowest BCUT2D eigenvalue weighted by molar-refractivity contribution is 0.588. The predicted molar refractivity (Wildman–Crippen MR) is 88.0 cm³/mol. The van der Waals surface area contributed by atoms with Crippen LogP contribution in [0.3, 0.4) is 0 Å². The van der Waals surface area contributed by atoms with E-state index in [0.717, 1.165) is 24.3 Å². The molecular weight excluding hydrogens is 278 g/mol. The molecule has 1 N–H and O–H groups in total. The zero-order valence-corrected chi connectivity index (χ0v) is 12.9. The van der Waals surface area contributed by atoms with E-state index in [1.807, 2.05) is 29.1 Å². The van der Waals surface area contributed by atoms with Crippen LogP contribution in [0.15, 0.2) is 60.1 Å². The zero-order chi connectivity index (χ0) is 14.5. The summed E-state index contributed by atoms with van der Waals surface area (Å²) in [5, 5.41) is 10.5. The second kappa shape index (κ2) is 6.70. The molecule has 4 heteroatoms. The number of rotatable bonds is 6. The van der Waals surface area contributed by atoms with Crippen LogP contribution >= 0.6 is 11.3 Å². The summed E-state index contributed by atoms with van der Waals surface area (Å²) in [6.45, 7) is 3.17. The summed E-state index contributed by atoms with van der Waals surface area (Å²) in [6, 6.07) is 16.7. The second-order valence-corrected chi connectivity index (χ2v) is 5.90. The molecule has 3 rings (SSSR count). The Morgan fingerprint density at radius 1 is 1.14 bits per heavy atom. The summed E-state index contributed by atoms with van der Waals surface area (Å²) in [7, 11) is 0. The van der Waals surface area contributed by atoms with Gasteiger partial charge in [0.15, 0.2) is 0 Å². The zero-order valence-electron chi connectivity index (χ0n) is 12.1. The van der Waals surface area contributed by atoms with Crippen LogP contribution in [-0.2, 0) is 0 Å². The lowest BCUT2D eigenvalue weighted by atomic mass is 10.1. The molecule has 0 saturated heterocycles. The van der Waals surface area contributed by atoms with E-state index in [1.165, 1.54) is 4.88 Å². The molecule has 3 aromatic rings. The molecule has 0 saturated carbocycles. The van der Waals surface area contributed by atoms with Crippen LogP contribution in [0.5, 0.6) is 0 Å². The molecule has 108 valence electrons. The minimum absolute atomic E-state index is 0.176. The van der Waals surface area contributed by atoms with Gasteiger partial charge in [0.1, 0.15) is 0 Å². The van der Waals surface area contributed by atoms with E-state index >= 15 is 0 Å². The van der Waals surface area contributed by atoms with Crippen LogP contribution in [0, 0.1) is 0 Å². The highest BCUT2D eigenvalue weighted by atomic mass is 32.1. The molecule has 3 nitrogen and oxygen atoms in total. The second-order valence-electron chi connectivity index (χ2n) is 4.92. The molecule has 0 amide bonds. The number of para-hydroxylation sites is 1. The summed E-state index contributed by atoms with van der Waals surface area (Å²) < 4.78 is 1.93. The van der Waals surface area contributed by atoms with Crippen LogP contribution in [-0.4, -0.2) is 16.3 Å². The van der Waals surface area contributed by atoms with Gasteiger partial charge in [-0.25, -0.2) is 4.68 Å². The summed E-state index contributed by atoms with van der Waals surface area (Å²) in [4.78, 5) is 1.31. The topological polar surface area (TPSA) is 29.9 Å². The third-order valence-electron chi connectivity index (χ3n) is 3.35. The Hall–Kier alpha value is -1.91. The van der Waals surface area contributed by atoms with E-state index in [2.05, 4.69) is 48.0 Å². The van der Waals surface area contributed by atoms with E-state index in [1.54, 1.807) is 11.3 Å². The van der Waals surface area contributed by atoms with Gasteiger partial charge in [0.25, 0.3) is 0 Å². The van der Waals surface area contributed by atoms with Crippen molar-refractivity contribution in [2.45, 2.75) is 19.4 Å². The van der Waals surface area contributed by atoms with Gasteiger partial charge < -0.3 is 5.32 Å². The van der Waals surface area contributed by atoms with Crippen molar-refractivity contribution < 1.29 is 0 Å².